The van der Waals surface area contributed by atoms with E-state index in [2.05, 4.69) is 39.2 Å². The number of carbonyl (C=O) groups excluding carboxylic acids is 4. The van der Waals surface area contributed by atoms with Crippen molar-refractivity contribution in [2.24, 2.45) is 0 Å². The van der Waals surface area contributed by atoms with E-state index in [0.717, 1.165) is 5.56 Å². The number of nitrogens with zero attached hydrogens (tertiary/aromatic N) is 1. The number of hydrogen-bond acceptors (Lipinski definition) is 7. The second-order valence-electron chi connectivity index (χ2n) is 15.7. The average molecular weight is 735 g/mol. The molecular formula is C41H55FN2O7Si. The zero-order valence-electron chi connectivity index (χ0n) is 32.5. The van der Waals surface area contributed by atoms with E-state index in [9.17, 15) is 23.6 Å². The lowest BCUT2D eigenvalue weighted by Crippen LogP contribution is -2.44. The number of esters is 2. The zero-order valence-corrected chi connectivity index (χ0v) is 33.5. The molecule has 1 N–H and O–H groups in total. The molecule has 52 heavy (non-hydrogen) atoms. The van der Waals surface area contributed by atoms with E-state index in [1.165, 1.54) is 25.3 Å². The summed E-state index contributed by atoms with van der Waals surface area (Å²) in [5.41, 5.74) is 2.81. The Morgan fingerprint density at radius 3 is 2.00 bits per heavy atom. The van der Waals surface area contributed by atoms with Gasteiger partial charge in [-0.15, -0.1) is 0 Å². The summed E-state index contributed by atoms with van der Waals surface area (Å²) < 4.78 is 33.0. The van der Waals surface area contributed by atoms with E-state index >= 15 is 0 Å². The Balaban J connectivity index is 2.19. The van der Waals surface area contributed by atoms with Crippen molar-refractivity contribution in [1.29, 1.82) is 0 Å². The molecule has 0 aliphatic rings. The van der Waals surface area contributed by atoms with Crippen LogP contribution in [0, 0.1) is 5.82 Å². The molecule has 2 aromatic carbocycles. The summed E-state index contributed by atoms with van der Waals surface area (Å²) in [4.78, 5) is 52.8. The Morgan fingerprint density at radius 1 is 0.865 bits per heavy atom. The van der Waals surface area contributed by atoms with Gasteiger partial charge in [-0.05, 0) is 88.2 Å². The van der Waals surface area contributed by atoms with Gasteiger partial charge in [0, 0.05) is 30.1 Å². The quantitative estimate of drug-likeness (QED) is 0.0943. The SMILES string of the molecule is COC(=O)C[C@@H](CC(=O)C=Cc1c(-c2ccc(F)cc2)c(-c2ccccc2)c(C(=O)NCCC(=O)OC(C)(C)C)n1C(C)C)O[Si](C)(C)C(C)(C)C. The molecule has 0 radical (unpaired) electrons. The molecule has 0 saturated heterocycles. The van der Waals surface area contributed by atoms with E-state index in [1.54, 1.807) is 39.0 Å². The molecule has 282 valence electrons. The van der Waals surface area contributed by atoms with E-state index in [1.807, 2.05) is 48.7 Å². The molecule has 0 bridgehead atoms. The predicted octanol–water partition coefficient (Wildman–Crippen LogP) is 8.93. The summed E-state index contributed by atoms with van der Waals surface area (Å²) in [6, 6.07) is 15.1. The fraction of sp³-hybridized carbons (Fsp3) is 0.463. The van der Waals surface area contributed by atoms with Gasteiger partial charge in [0.05, 0.1) is 31.7 Å². The van der Waals surface area contributed by atoms with Crippen molar-refractivity contribution in [3.8, 4) is 22.3 Å². The van der Waals surface area contributed by atoms with Gasteiger partial charge in [0.15, 0.2) is 14.1 Å². The van der Waals surface area contributed by atoms with Crippen LogP contribution >= 0.6 is 0 Å². The van der Waals surface area contributed by atoms with Crippen molar-refractivity contribution in [3.63, 3.8) is 0 Å². The minimum absolute atomic E-state index is 0.0260. The molecule has 1 amide bonds. The van der Waals surface area contributed by atoms with Crippen molar-refractivity contribution in [2.75, 3.05) is 13.7 Å². The first-order chi connectivity index (χ1) is 24.1. The Labute approximate surface area is 309 Å². The number of rotatable bonds is 15. The van der Waals surface area contributed by atoms with Crippen molar-refractivity contribution in [1.82, 2.24) is 9.88 Å². The van der Waals surface area contributed by atoms with Crippen LogP contribution in [-0.4, -0.2) is 61.9 Å². The van der Waals surface area contributed by atoms with Crippen LogP contribution in [0.2, 0.25) is 18.1 Å². The Hall–Kier alpha value is -4.35. The number of amides is 1. The first-order valence-electron chi connectivity index (χ1n) is 17.7. The summed E-state index contributed by atoms with van der Waals surface area (Å²) in [6.07, 6.45) is 2.27. The van der Waals surface area contributed by atoms with Crippen molar-refractivity contribution < 1.29 is 37.5 Å². The molecule has 0 unspecified atom stereocenters. The molecule has 1 aromatic heterocycles. The summed E-state index contributed by atoms with van der Waals surface area (Å²) >= 11 is 0. The summed E-state index contributed by atoms with van der Waals surface area (Å²) in [7, 11) is -1.05. The van der Waals surface area contributed by atoms with Crippen LogP contribution < -0.4 is 5.32 Å². The molecule has 9 nitrogen and oxygen atoms in total. The standard InChI is InChI=1S/C41H55FN2O7Si/c1-27(2)44-33(22-21-31(45)25-32(26-35(47)49-9)51-52(10,11)41(6,7)8)36(29-17-19-30(42)20-18-29)37(28-15-13-12-14-16-28)38(44)39(48)43-24-23-34(46)50-40(3,4)5/h12-22,27,32H,23-26H2,1-11H3,(H,43,48)/t32-/m1/s1. The third kappa shape index (κ3) is 11.3. The number of halogens is 1. The lowest BCUT2D eigenvalue weighted by atomic mass is 9.94. The van der Waals surface area contributed by atoms with Crippen LogP contribution in [0.3, 0.4) is 0 Å². The maximum absolute atomic E-state index is 14.2. The molecule has 1 atom stereocenters. The van der Waals surface area contributed by atoms with Gasteiger partial charge in [-0.25, -0.2) is 4.39 Å². The lowest BCUT2D eigenvalue weighted by Gasteiger charge is -2.39. The number of nitrogens with one attached hydrogen (secondary N) is 1. The Bertz CT molecular complexity index is 1750. The number of ether oxygens (including phenoxy) is 2. The normalized spacial score (nSPS) is 12.9. The lowest BCUT2D eigenvalue weighted by molar-refractivity contribution is -0.154. The first kappa shape index (κ1) is 42.1. The molecule has 0 aliphatic heterocycles. The Morgan fingerprint density at radius 2 is 1.46 bits per heavy atom. The smallest absolute Gasteiger partial charge is 0.308 e. The largest absolute Gasteiger partial charge is 0.469 e. The molecule has 0 fully saturated rings. The van der Waals surface area contributed by atoms with E-state index in [-0.39, 0.29) is 42.7 Å². The highest BCUT2D eigenvalue weighted by molar-refractivity contribution is 6.74. The number of hydrogen-bond donors (Lipinski definition) is 1. The van der Waals surface area contributed by atoms with Gasteiger partial charge in [-0.1, -0.05) is 63.2 Å². The molecule has 0 spiro atoms. The summed E-state index contributed by atoms with van der Waals surface area (Å²) in [5.74, 6) is -2.03. The number of carbonyl (C=O) groups is 4. The highest BCUT2D eigenvalue weighted by Gasteiger charge is 2.40. The maximum Gasteiger partial charge on any atom is 0.308 e. The van der Waals surface area contributed by atoms with Crippen LogP contribution in [0.5, 0.6) is 0 Å². The van der Waals surface area contributed by atoms with Gasteiger partial charge in [0.1, 0.15) is 17.1 Å². The third-order valence-corrected chi connectivity index (χ3v) is 13.5. The van der Waals surface area contributed by atoms with Crippen LogP contribution in [0.4, 0.5) is 4.39 Å². The highest BCUT2D eigenvalue weighted by atomic mass is 28.4. The van der Waals surface area contributed by atoms with Crippen LogP contribution in [-0.2, 0) is 28.3 Å². The number of methoxy groups -OCH3 is 1. The van der Waals surface area contributed by atoms with Crippen LogP contribution in [0.25, 0.3) is 28.3 Å². The second-order valence-corrected chi connectivity index (χ2v) is 20.5. The maximum atomic E-state index is 14.2. The highest BCUT2D eigenvalue weighted by Crippen LogP contribution is 2.43. The minimum Gasteiger partial charge on any atom is -0.469 e. The third-order valence-electron chi connectivity index (χ3n) is 8.95. The molecule has 1 heterocycles. The van der Waals surface area contributed by atoms with Gasteiger partial charge in [0.2, 0.25) is 0 Å². The fourth-order valence-corrected chi connectivity index (χ4v) is 6.92. The van der Waals surface area contributed by atoms with Gasteiger partial charge in [-0.2, -0.15) is 0 Å². The monoisotopic (exact) mass is 734 g/mol. The predicted molar refractivity (Wildman–Crippen MR) is 206 cm³/mol. The summed E-state index contributed by atoms with van der Waals surface area (Å²) in [6.45, 7) is 19.6. The molecule has 0 saturated carbocycles. The fourth-order valence-electron chi connectivity index (χ4n) is 5.56. The van der Waals surface area contributed by atoms with Gasteiger partial charge in [-0.3, -0.25) is 19.2 Å². The minimum atomic E-state index is -2.36. The number of benzene rings is 2. The molecule has 0 aliphatic carbocycles. The number of ketones is 1. The van der Waals surface area contributed by atoms with Crippen molar-refractivity contribution >= 4 is 38.0 Å². The van der Waals surface area contributed by atoms with Crippen LogP contribution in [0.1, 0.15) is 96.9 Å². The molecule has 3 aromatic rings. The molecule has 11 heteroatoms. The Kier molecular flexibility index (Phi) is 14.1. The van der Waals surface area contributed by atoms with E-state index in [4.69, 9.17) is 13.9 Å². The summed E-state index contributed by atoms with van der Waals surface area (Å²) in [5, 5.41) is 2.75. The second kappa shape index (κ2) is 17.4. The molecular weight excluding hydrogens is 680 g/mol. The van der Waals surface area contributed by atoms with E-state index < -0.39 is 43.7 Å². The average Bonchev–Trinajstić information content (AvgIpc) is 3.38. The van der Waals surface area contributed by atoms with Crippen molar-refractivity contribution in [2.45, 2.75) is 111 Å². The molecule has 3 rings (SSSR count). The zero-order chi connectivity index (χ0) is 39.0. The first-order valence-corrected chi connectivity index (χ1v) is 20.6. The van der Waals surface area contributed by atoms with Gasteiger partial charge >= 0.3 is 11.9 Å². The van der Waals surface area contributed by atoms with E-state index in [0.29, 0.717) is 28.1 Å². The number of allylic oxidation sites excluding steroid dienone is 1. The van der Waals surface area contributed by atoms with Crippen molar-refractivity contribution in [3.05, 3.63) is 77.9 Å². The van der Waals surface area contributed by atoms with Crippen LogP contribution in [0.15, 0.2) is 60.7 Å². The number of aromatic nitrogens is 1. The van der Waals surface area contributed by atoms with Gasteiger partial charge in [0.25, 0.3) is 5.91 Å². The topological polar surface area (TPSA) is 113 Å². The van der Waals surface area contributed by atoms with Gasteiger partial charge < -0.3 is 23.8 Å².